The van der Waals surface area contributed by atoms with Crippen molar-refractivity contribution in [2.75, 3.05) is 0 Å². The molecule has 0 radical (unpaired) electrons. The third-order valence-electron chi connectivity index (χ3n) is 1.85. The van der Waals surface area contributed by atoms with Crippen molar-refractivity contribution >= 4 is 22.1 Å². The van der Waals surface area contributed by atoms with E-state index in [1.807, 2.05) is 0 Å². The molecule has 1 aromatic carbocycles. The van der Waals surface area contributed by atoms with Crippen LogP contribution in [0.15, 0.2) is 17.0 Å². The van der Waals surface area contributed by atoms with Gasteiger partial charge in [0.2, 0.25) is 0 Å². The third-order valence-corrected chi connectivity index (χ3v) is 2.75. The highest BCUT2D eigenvalue weighted by molar-refractivity contribution is 7.86. The predicted molar refractivity (Wildman–Crippen MR) is 51.8 cm³/mol. The van der Waals surface area contributed by atoms with E-state index in [2.05, 4.69) is 0 Å². The van der Waals surface area contributed by atoms with Crippen molar-refractivity contribution in [1.82, 2.24) is 0 Å². The molecule has 0 unspecified atom stereocenters. The van der Waals surface area contributed by atoms with Gasteiger partial charge in [0.25, 0.3) is 10.1 Å². The van der Waals surface area contributed by atoms with Crippen LogP contribution in [-0.4, -0.2) is 40.2 Å². The van der Waals surface area contributed by atoms with Crippen LogP contribution in [0.5, 0.6) is 5.75 Å². The fourth-order valence-corrected chi connectivity index (χ4v) is 1.90. The summed E-state index contributed by atoms with van der Waals surface area (Å²) in [6, 6.07) is 1.26. The zero-order valence-electron chi connectivity index (χ0n) is 7.98. The van der Waals surface area contributed by atoms with Gasteiger partial charge in [-0.1, -0.05) is 0 Å². The molecule has 0 fully saturated rings. The van der Waals surface area contributed by atoms with Gasteiger partial charge in [-0.15, -0.1) is 0 Å². The lowest BCUT2D eigenvalue weighted by atomic mass is 10.1. The molecule has 4 N–H and O–H groups in total. The molecule has 9 heteroatoms. The van der Waals surface area contributed by atoms with Crippen LogP contribution < -0.4 is 0 Å². The van der Waals surface area contributed by atoms with Gasteiger partial charge in [0, 0.05) is 0 Å². The number of hydrogen-bond acceptors (Lipinski definition) is 5. The zero-order valence-corrected chi connectivity index (χ0v) is 8.80. The average molecular weight is 262 g/mol. The molecular formula is C8H6O8S. The van der Waals surface area contributed by atoms with Crippen molar-refractivity contribution in [1.29, 1.82) is 0 Å². The Labute approximate surface area is 94.5 Å². The Morgan fingerprint density at radius 2 is 1.47 bits per heavy atom. The molecule has 0 spiro atoms. The van der Waals surface area contributed by atoms with E-state index in [1.165, 1.54) is 0 Å². The van der Waals surface area contributed by atoms with E-state index < -0.39 is 43.8 Å². The molecule has 17 heavy (non-hydrogen) atoms. The van der Waals surface area contributed by atoms with Crippen LogP contribution in [0.3, 0.4) is 0 Å². The van der Waals surface area contributed by atoms with E-state index >= 15 is 0 Å². The van der Waals surface area contributed by atoms with Gasteiger partial charge >= 0.3 is 11.9 Å². The number of hydrogen-bond donors (Lipinski definition) is 4. The monoisotopic (exact) mass is 262 g/mol. The minimum atomic E-state index is -4.91. The molecule has 0 amide bonds. The van der Waals surface area contributed by atoms with Crippen LogP contribution in [0.1, 0.15) is 20.7 Å². The molecule has 1 aromatic rings. The van der Waals surface area contributed by atoms with E-state index in [0.717, 1.165) is 0 Å². The Morgan fingerprint density at radius 1 is 1.00 bits per heavy atom. The number of phenols is 1. The van der Waals surface area contributed by atoms with Crippen LogP contribution in [0.25, 0.3) is 0 Å². The molecular weight excluding hydrogens is 256 g/mol. The second-order valence-electron chi connectivity index (χ2n) is 2.92. The van der Waals surface area contributed by atoms with Gasteiger partial charge in [0.15, 0.2) is 0 Å². The van der Waals surface area contributed by atoms with Crippen molar-refractivity contribution in [3.63, 3.8) is 0 Å². The molecule has 0 heterocycles. The average Bonchev–Trinajstić information content (AvgIpc) is 2.14. The van der Waals surface area contributed by atoms with Crippen molar-refractivity contribution in [3.8, 4) is 5.75 Å². The molecule has 0 saturated carbocycles. The Balaban J connectivity index is 3.85. The maximum absolute atomic E-state index is 10.9. The summed E-state index contributed by atoms with van der Waals surface area (Å²) in [6.45, 7) is 0. The van der Waals surface area contributed by atoms with Gasteiger partial charge in [-0.05, 0) is 12.1 Å². The lowest BCUT2D eigenvalue weighted by Gasteiger charge is -2.08. The first kappa shape index (κ1) is 12.9. The molecule has 8 nitrogen and oxygen atoms in total. The Kier molecular flexibility index (Phi) is 3.07. The SMILES string of the molecule is O=C(O)c1c(O)ccc(S(=O)(=O)O)c1C(=O)O. The van der Waals surface area contributed by atoms with Crippen LogP contribution in [-0.2, 0) is 10.1 Å². The van der Waals surface area contributed by atoms with Crippen LogP contribution in [0.2, 0.25) is 0 Å². The van der Waals surface area contributed by atoms with Crippen LogP contribution >= 0.6 is 0 Å². The summed E-state index contributed by atoms with van der Waals surface area (Å²) in [5.41, 5.74) is -2.30. The lowest BCUT2D eigenvalue weighted by Crippen LogP contribution is -2.14. The van der Waals surface area contributed by atoms with Crippen molar-refractivity contribution in [3.05, 3.63) is 23.3 Å². The van der Waals surface area contributed by atoms with Gasteiger partial charge in [-0.3, -0.25) is 4.55 Å². The number of carbonyl (C=O) groups is 2. The fourth-order valence-electron chi connectivity index (χ4n) is 1.22. The molecule has 1 rings (SSSR count). The molecule has 0 aliphatic rings. The summed E-state index contributed by atoms with van der Waals surface area (Å²) in [5.74, 6) is -4.64. The highest BCUT2D eigenvalue weighted by atomic mass is 32.2. The molecule has 0 aliphatic heterocycles. The fraction of sp³-hybridized carbons (Fsp3) is 0. The van der Waals surface area contributed by atoms with Crippen LogP contribution in [0, 0.1) is 0 Å². The molecule has 92 valence electrons. The Bertz CT molecular complexity index is 600. The Morgan fingerprint density at radius 3 is 1.82 bits per heavy atom. The summed E-state index contributed by atoms with van der Waals surface area (Å²) in [6.07, 6.45) is 0. The maximum Gasteiger partial charge on any atom is 0.340 e. The number of carboxylic acids is 2. The summed E-state index contributed by atoms with van der Waals surface area (Å²) in [5, 5.41) is 26.6. The summed E-state index contributed by atoms with van der Waals surface area (Å²) in [7, 11) is -4.91. The third kappa shape index (κ3) is 2.34. The minimum absolute atomic E-state index is 0.598. The van der Waals surface area contributed by atoms with Crippen molar-refractivity contribution in [2.45, 2.75) is 4.90 Å². The van der Waals surface area contributed by atoms with Crippen molar-refractivity contribution < 1.29 is 37.9 Å². The van der Waals surface area contributed by atoms with E-state index in [4.69, 9.17) is 14.8 Å². The van der Waals surface area contributed by atoms with Crippen molar-refractivity contribution in [2.24, 2.45) is 0 Å². The number of rotatable bonds is 3. The number of benzene rings is 1. The first-order valence-corrected chi connectivity index (χ1v) is 5.40. The maximum atomic E-state index is 10.9. The van der Waals surface area contributed by atoms with Gasteiger partial charge in [0.05, 0.1) is 5.56 Å². The first-order valence-electron chi connectivity index (χ1n) is 3.96. The lowest BCUT2D eigenvalue weighted by molar-refractivity contribution is 0.0645. The quantitative estimate of drug-likeness (QED) is 0.557. The highest BCUT2D eigenvalue weighted by Gasteiger charge is 2.29. The molecule has 0 aromatic heterocycles. The largest absolute Gasteiger partial charge is 0.507 e. The molecule has 0 aliphatic carbocycles. The number of aromatic carboxylic acids is 2. The number of aromatic hydroxyl groups is 1. The summed E-state index contributed by atoms with van der Waals surface area (Å²) < 4.78 is 30.5. The molecule has 0 atom stereocenters. The topological polar surface area (TPSA) is 149 Å². The number of carboxylic acid groups (broad SMARTS) is 2. The van der Waals surface area contributed by atoms with Gasteiger partial charge in [-0.25, -0.2) is 9.59 Å². The second-order valence-corrected chi connectivity index (χ2v) is 4.31. The van der Waals surface area contributed by atoms with E-state index in [1.54, 1.807) is 0 Å². The Hall–Kier alpha value is -2.13. The van der Waals surface area contributed by atoms with E-state index in [-0.39, 0.29) is 0 Å². The second kappa shape index (κ2) is 4.03. The zero-order chi connectivity index (χ0) is 13.4. The van der Waals surface area contributed by atoms with E-state index in [9.17, 15) is 23.1 Å². The van der Waals surface area contributed by atoms with Gasteiger partial charge < -0.3 is 15.3 Å². The first-order chi connectivity index (χ1) is 7.66. The van der Waals surface area contributed by atoms with Gasteiger partial charge in [0.1, 0.15) is 16.2 Å². The normalized spacial score (nSPS) is 11.1. The smallest absolute Gasteiger partial charge is 0.340 e. The van der Waals surface area contributed by atoms with Gasteiger partial charge in [-0.2, -0.15) is 8.42 Å². The highest BCUT2D eigenvalue weighted by Crippen LogP contribution is 2.27. The molecule has 0 bridgehead atoms. The summed E-state index contributed by atoms with van der Waals surface area (Å²) >= 11 is 0. The predicted octanol–water partition coefficient (Wildman–Crippen LogP) is 0.0353. The standard InChI is InChI=1S/C8H6O8S/c9-3-1-2-4(17(14,15)16)6(8(12)13)5(3)7(10)11/h1-2,9H,(H,10,11)(H,12,13)(H,14,15,16). The molecule has 0 saturated heterocycles. The van der Waals surface area contributed by atoms with E-state index in [0.29, 0.717) is 12.1 Å². The summed E-state index contributed by atoms with van der Waals surface area (Å²) in [4.78, 5) is 20.4. The van der Waals surface area contributed by atoms with Crippen LogP contribution in [0.4, 0.5) is 0 Å². The minimum Gasteiger partial charge on any atom is -0.507 e.